The molecule has 9 heteroatoms. The summed E-state index contributed by atoms with van der Waals surface area (Å²) in [6.45, 7) is 0.206. The van der Waals surface area contributed by atoms with Crippen molar-refractivity contribution in [3.8, 4) is 11.4 Å². The normalized spacial score (nSPS) is 11.4. The number of benzene rings is 2. The molecule has 0 fully saturated rings. The van der Waals surface area contributed by atoms with Crippen molar-refractivity contribution in [1.29, 1.82) is 0 Å². The molecule has 140 valence electrons. The van der Waals surface area contributed by atoms with E-state index in [1.807, 2.05) is 30.3 Å². The fourth-order valence-corrected chi connectivity index (χ4v) is 2.40. The summed E-state index contributed by atoms with van der Waals surface area (Å²) in [5.41, 5.74) is 0.807. The Balaban J connectivity index is 1.47. The van der Waals surface area contributed by atoms with Crippen molar-refractivity contribution in [3.05, 3.63) is 65.7 Å². The fraction of sp³-hybridized carbons (Fsp3) is 0.222. The van der Waals surface area contributed by atoms with E-state index in [0.717, 1.165) is 17.7 Å². The molecule has 2 aromatic carbocycles. The quantitative estimate of drug-likeness (QED) is 0.719. The molecule has 1 aromatic heterocycles. The zero-order valence-corrected chi connectivity index (χ0v) is 14.1. The molecule has 6 nitrogen and oxygen atoms in total. The Hall–Kier alpha value is -3.23. The van der Waals surface area contributed by atoms with Crippen molar-refractivity contribution in [1.82, 2.24) is 25.5 Å². The number of hydrogen-bond donors (Lipinski definition) is 1. The number of aromatic nitrogens is 4. The second kappa shape index (κ2) is 7.98. The van der Waals surface area contributed by atoms with Gasteiger partial charge in [0.15, 0.2) is 0 Å². The van der Waals surface area contributed by atoms with Gasteiger partial charge in [0.2, 0.25) is 11.7 Å². The van der Waals surface area contributed by atoms with Gasteiger partial charge in [0, 0.05) is 12.1 Å². The Morgan fingerprint density at radius 3 is 2.41 bits per heavy atom. The van der Waals surface area contributed by atoms with Crippen molar-refractivity contribution < 1.29 is 18.0 Å². The Bertz CT molecular complexity index is 891. The maximum absolute atomic E-state index is 12.5. The number of nitrogens with one attached hydrogen (secondary N) is 1. The van der Waals surface area contributed by atoms with Crippen LogP contribution in [0.2, 0.25) is 0 Å². The van der Waals surface area contributed by atoms with Crippen LogP contribution in [0.15, 0.2) is 54.6 Å². The van der Waals surface area contributed by atoms with E-state index in [9.17, 15) is 18.0 Å². The summed E-state index contributed by atoms with van der Waals surface area (Å²) < 4.78 is 37.6. The van der Waals surface area contributed by atoms with Crippen LogP contribution in [-0.4, -0.2) is 32.7 Å². The van der Waals surface area contributed by atoms with E-state index in [4.69, 9.17) is 0 Å². The predicted molar refractivity (Wildman–Crippen MR) is 91.4 cm³/mol. The van der Waals surface area contributed by atoms with Crippen LogP contribution in [0.1, 0.15) is 11.1 Å². The summed E-state index contributed by atoms with van der Waals surface area (Å²) in [7, 11) is 0. The highest BCUT2D eigenvalue weighted by molar-refractivity contribution is 5.75. The lowest BCUT2D eigenvalue weighted by molar-refractivity contribution is -0.137. The molecule has 0 radical (unpaired) electrons. The zero-order chi connectivity index (χ0) is 19.3. The number of carbonyl (C=O) groups excluding carboxylic acids is 1. The van der Waals surface area contributed by atoms with E-state index in [1.54, 1.807) is 0 Å². The second-order valence-electron chi connectivity index (χ2n) is 5.80. The van der Waals surface area contributed by atoms with E-state index in [-0.39, 0.29) is 12.5 Å². The first-order valence-corrected chi connectivity index (χ1v) is 8.18. The molecule has 3 aromatic rings. The molecule has 3 rings (SSSR count). The number of amides is 1. The van der Waals surface area contributed by atoms with Crippen LogP contribution < -0.4 is 5.32 Å². The standard InChI is InChI=1S/C18H16F3N5O/c19-18(20,21)15-8-6-13(7-9-15)10-11-22-16(27)12-26-24-17(23-25-26)14-4-2-1-3-5-14/h1-9H,10-12H2,(H,22,27). The minimum Gasteiger partial charge on any atom is -0.354 e. The molecule has 0 saturated carbocycles. The molecular formula is C18H16F3N5O. The first kappa shape index (κ1) is 18.6. The average Bonchev–Trinajstić information content (AvgIpc) is 3.10. The predicted octanol–water partition coefficient (Wildman–Crippen LogP) is 2.72. The van der Waals surface area contributed by atoms with Crippen molar-refractivity contribution in [2.45, 2.75) is 19.1 Å². The Labute approximate surface area is 153 Å². The molecular weight excluding hydrogens is 359 g/mol. The third-order valence-corrected chi connectivity index (χ3v) is 3.79. The lowest BCUT2D eigenvalue weighted by atomic mass is 10.1. The molecule has 1 amide bonds. The number of nitrogens with zero attached hydrogens (tertiary/aromatic N) is 4. The molecule has 0 atom stereocenters. The first-order valence-electron chi connectivity index (χ1n) is 8.18. The molecule has 0 aliphatic heterocycles. The minimum atomic E-state index is -4.35. The van der Waals surface area contributed by atoms with Crippen LogP contribution in [0.25, 0.3) is 11.4 Å². The summed E-state index contributed by atoms with van der Waals surface area (Å²) in [6, 6.07) is 14.1. The zero-order valence-electron chi connectivity index (χ0n) is 14.1. The van der Waals surface area contributed by atoms with E-state index in [1.165, 1.54) is 16.9 Å². The van der Waals surface area contributed by atoms with E-state index >= 15 is 0 Å². The van der Waals surface area contributed by atoms with Crippen molar-refractivity contribution in [3.63, 3.8) is 0 Å². The second-order valence-corrected chi connectivity index (χ2v) is 5.80. The van der Waals surface area contributed by atoms with Gasteiger partial charge < -0.3 is 5.32 Å². The highest BCUT2D eigenvalue weighted by Gasteiger charge is 2.29. The van der Waals surface area contributed by atoms with Crippen LogP contribution in [0.5, 0.6) is 0 Å². The number of hydrogen-bond acceptors (Lipinski definition) is 4. The number of halogens is 3. The Kier molecular flexibility index (Phi) is 5.49. The number of alkyl halides is 3. The van der Waals surface area contributed by atoms with Gasteiger partial charge in [-0.05, 0) is 29.3 Å². The molecule has 0 saturated heterocycles. The first-order chi connectivity index (χ1) is 12.9. The molecule has 0 unspecified atom stereocenters. The van der Waals surface area contributed by atoms with Crippen LogP contribution in [0, 0.1) is 0 Å². The largest absolute Gasteiger partial charge is 0.416 e. The topological polar surface area (TPSA) is 72.7 Å². The lowest BCUT2D eigenvalue weighted by Crippen LogP contribution is -2.30. The maximum Gasteiger partial charge on any atom is 0.416 e. The highest BCUT2D eigenvalue weighted by atomic mass is 19.4. The van der Waals surface area contributed by atoms with Gasteiger partial charge in [-0.3, -0.25) is 4.79 Å². The minimum absolute atomic E-state index is 0.0904. The molecule has 0 spiro atoms. The van der Waals surface area contributed by atoms with Gasteiger partial charge in [-0.2, -0.15) is 18.0 Å². The molecule has 0 bridgehead atoms. The average molecular weight is 375 g/mol. The van der Waals surface area contributed by atoms with Crippen LogP contribution >= 0.6 is 0 Å². The summed E-state index contributed by atoms with van der Waals surface area (Å²) in [4.78, 5) is 13.1. The number of tetrazole rings is 1. The van der Waals surface area contributed by atoms with Crippen LogP contribution in [-0.2, 0) is 23.9 Å². The van der Waals surface area contributed by atoms with Gasteiger partial charge in [-0.1, -0.05) is 42.5 Å². The summed E-state index contributed by atoms with van der Waals surface area (Å²) in [5.74, 6) is 0.118. The third-order valence-electron chi connectivity index (χ3n) is 3.79. The molecule has 0 aliphatic rings. The highest BCUT2D eigenvalue weighted by Crippen LogP contribution is 2.29. The summed E-state index contributed by atoms with van der Waals surface area (Å²) in [5, 5.41) is 14.6. The number of rotatable bonds is 6. The smallest absolute Gasteiger partial charge is 0.354 e. The Morgan fingerprint density at radius 2 is 1.74 bits per heavy atom. The van der Waals surface area contributed by atoms with E-state index in [2.05, 4.69) is 20.7 Å². The van der Waals surface area contributed by atoms with E-state index in [0.29, 0.717) is 24.4 Å². The van der Waals surface area contributed by atoms with Crippen LogP contribution in [0.4, 0.5) is 13.2 Å². The monoisotopic (exact) mass is 375 g/mol. The maximum atomic E-state index is 12.5. The van der Waals surface area contributed by atoms with Crippen LogP contribution in [0.3, 0.4) is 0 Å². The van der Waals surface area contributed by atoms with Gasteiger partial charge in [0.05, 0.1) is 5.56 Å². The third kappa shape index (κ3) is 5.13. The summed E-state index contributed by atoms with van der Waals surface area (Å²) in [6.07, 6.45) is -3.93. The Morgan fingerprint density at radius 1 is 1.04 bits per heavy atom. The molecule has 1 heterocycles. The van der Waals surface area contributed by atoms with Gasteiger partial charge >= 0.3 is 6.18 Å². The fourth-order valence-electron chi connectivity index (χ4n) is 2.40. The van der Waals surface area contributed by atoms with Crippen molar-refractivity contribution >= 4 is 5.91 Å². The SMILES string of the molecule is O=C(Cn1nnc(-c2ccccc2)n1)NCCc1ccc(C(F)(F)F)cc1. The molecule has 27 heavy (non-hydrogen) atoms. The van der Waals surface area contributed by atoms with Gasteiger partial charge in [-0.15, -0.1) is 10.2 Å². The molecule has 0 aliphatic carbocycles. The van der Waals surface area contributed by atoms with Gasteiger partial charge in [0.25, 0.3) is 0 Å². The van der Waals surface area contributed by atoms with Crippen molar-refractivity contribution in [2.75, 3.05) is 6.54 Å². The lowest BCUT2D eigenvalue weighted by Gasteiger charge is -2.08. The van der Waals surface area contributed by atoms with Crippen molar-refractivity contribution in [2.24, 2.45) is 0 Å². The van der Waals surface area contributed by atoms with E-state index < -0.39 is 11.7 Å². The molecule has 1 N–H and O–H groups in total. The van der Waals surface area contributed by atoms with Gasteiger partial charge in [-0.25, -0.2) is 0 Å². The summed E-state index contributed by atoms with van der Waals surface area (Å²) >= 11 is 0. The number of carbonyl (C=O) groups is 1. The van der Waals surface area contributed by atoms with Gasteiger partial charge in [0.1, 0.15) is 6.54 Å².